The van der Waals surface area contributed by atoms with Gasteiger partial charge >= 0.3 is 0 Å². The largest absolute Gasteiger partial charge is 0.338 e. The third kappa shape index (κ3) is 2.67. The number of nitrogens with zero attached hydrogens (tertiary/aromatic N) is 1. The fourth-order valence-electron chi connectivity index (χ4n) is 2.30. The zero-order valence-electron chi connectivity index (χ0n) is 10.4. The van der Waals surface area contributed by atoms with Crippen LogP contribution in [0.15, 0.2) is 24.3 Å². The molecule has 3 nitrogen and oxygen atoms in total. The van der Waals surface area contributed by atoms with Gasteiger partial charge in [-0.25, -0.2) is 0 Å². The Bertz CT molecular complexity index is 403. The molecule has 0 aromatic heterocycles. The van der Waals surface area contributed by atoms with Crippen LogP contribution in [0.5, 0.6) is 0 Å². The van der Waals surface area contributed by atoms with Crippen LogP contribution in [-0.4, -0.2) is 23.9 Å². The molecule has 1 aliphatic heterocycles. The summed E-state index contributed by atoms with van der Waals surface area (Å²) in [6.45, 7) is 3.91. The minimum Gasteiger partial charge on any atom is -0.338 e. The van der Waals surface area contributed by atoms with E-state index in [2.05, 4.69) is 18.2 Å². The highest BCUT2D eigenvalue weighted by atomic mass is 16.2. The van der Waals surface area contributed by atoms with Crippen LogP contribution in [-0.2, 0) is 17.8 Å². The van der Waals surface area contributed by atoms with Gasteiger partial charge in [0.1, 0.15) is 0 Å². The van der Waals surface area contributed by atoms with Crippen LogP contribution in [0.4, 0.5) is 0 Å². The minimum absolute atomic E-state index is 0.0692. The van der Waals surface area contributed by atoms with Gasteiger partial charge in [0.2, 0.25) is 5.91 Å². The van der Waals surface area contributed by atoms with Gasteiger partial charge < -0.3 is 10.6 Å². The van der Waals surface area contributed by atoms with E-state index in [0.29, 0.717) is 6.54 Å². The average Bonchev–Trinajstić information content (AvgIpc) is 2.58. The number of rotatable bonds is 2. The molecule has 0 aliphatic carbocycles. The van der Waals surface area contributed by atoms with Gasteiger partial charge in [0.05, 0.1) is 0 Å². The molecular weight excluding hydrogens is 212 g/mol. The van der Waals surface area contributed by atoms with Gasteiger partial charge in [-0.15, -0.1) is 0 Å². The fraction of sp³-hybridized carbons (Fsp3) is 0.500. The normalized spacial score (nSPS) is 17.2. The summed E-state index contributed by atoms with van der Waals surface area (Å²) in [6.07, 6.45) is 2.11. The van der Waals surface area contributed by atoms with E-state index in [1.54, 1.807) is 0 Å². The summed E-state index contributed by atoms with van der Waals surface area (Å²) < 4.78 is 0. The quantitative estimate of drug-likeness (QED) is 0.841. The van der Waals surface area contributed by atoms with Crippen LogP contribution in [0.3, 0.4) is 0 Å². The first-order chi connectivity index (χ1) is 8.22. The van der Waals surface area contributed by atoms with E-state index in [0.717, 1.165) is 25.9 Å². The molecule has 0 spiro atoms. The van der Waals surface area contributed by atoms with Crippen molar-refractivity contribution in [3.05, 3.63) is 35.4 Å². The van der Waals surface area contributed by atoms with E-state index in [1.165, 1.54) is 11.1 Å². The predicted molar refractivity (Wildman–Crippen MR) is 68.4 cm³/mol. The van der Waals surface area contributed by atoms with E-state index in [1.807, 2.05) is 17.9 Å². The lowest BCUT2D eigenvalue weighted by Gasteiger charge is -2.23. The van der Waals surface area contributed by atoms with Crippen LogP contribution in [0.25, 0.3) is 0 Å². The Morgan fingerprint density at radius 3 is 2.82 bits per heavy atom. The number of fused-ring (bicyclic) bond motifs is 1. The third-order valence-corrected chi connectivity index (χ3v) is 3.44. The summed E-state index contributed by atoms with van der Waals surface area (Å²) >= 11 is 0. The summed E-state index contributed by atoms with van der Waals surface area (Å²) in [5.74, 6) is 0.115. The lowest BCUT2D eigenvalue weighted by molar-refractivity contribution is -0.135. The van der Waals surface area contributed by atoms with Crippen molar-refractivity contribution < 1.29 is 4.79 Å². The summed E-state index contributed by atoms with van der Waals surface area (Å²) in [4.78, 5) is 14.1. The van der Waals surface area contributed by atoms with E-state index in [9.17, 15) is 4.79 Å². The maximum Gasteiger partial charge on any atom is 0.226 e. The van der Waals surface area contributed by atoms with Gasteiger partial charge in [-0.3, -0.25) is 4.79 Å². The second-order valence-electron chi connectivity index (χ2n) is 4.77. The van der Waals surface area contributed by atoms with Crippen molar-refractivity contribution in [2.24, 2.45) is 11.7 Å². The zero-order chi connectivity index (χ0) is 12.3. The maximum atomic E-state index is 12.1. The molecule has 92 valence electrons. The summed E-state index contributed by atoms with van der Waals surface area (Å²) in [5.41, 5.74) is 8.22. The average molecular weight is 232 g/mol. The fourth-order valence-corrected chi connectivity index (χ4v) is 2.30. The molecule has 1 amide bonds. The van der Waals surface area contributed by atoms with Crippen molar-refractivity contribution in [2.75, 3.05) is 13.1 Å². The Labute approximate surface area is 103 Å². The van der Waals surface area contributed by atoms with Gasteiger partial charge in [-0.2, -0.15) is 0 Å². The SMILES string of the molecule is CC(CN)C(=O)N1CCCc2ccccc2C1. The summed E-state index contributed by atoms with van der Waals surface area (Å²) in [5, 5.41) is 0. The number of nitrogens with two attached hydrogens (primary N) is 1. The van der Waals surface area contributed by atoms with Crippen LogP contribution < -0.4 is 5.73 Å². The maximum absolute atomic E-state index is 12.1. The van der Waals surface area contributed by atoms with E-state index >= 15 is 0 Å². The van der Waals surface area contributed by atoms with Gasteiger partial charge in [-0.1, -0.05) is 31.2 Å². The Morgan fingerprint density at radius 2 is 2.12 bits per heavy atom. The number of hydrogen-bond acceptors (Lipinski definition) is 2. The van der Waals surface area contributed by atoms with Crippen molar-refractivity contribution in [1.82, 2.24) is 4.90 Å². The number of carbonyl (C=O) groups excluding carboxylic acids is 1. The van der Waals surface area contributed by atoms with E-state index in [4.69, 9.17) is 5.73 Å². The molecule has 2 rings (SSSR count). The van der Waals surface area contributed by atoms with Crippen LogP contribution in [0, 0.1) is 5.92 Å². The molecule has 0 fully saturated rings. The Hall–Kier alpha value is -1.35. The third-order valence-electron chi connectivity index (χ3n) is 3.44. The smallest absolute Gasteiger partial charge is 0.226 e. The highest BCUT2D eigenvalue weighted by Crippen LogP contribution is 2.19. The topological polar surface area (TPSA) is 46.3 Å². The standard InChI is InChI=1S/C14H20N2O/c1-11(9-15)14(17)16-8-4-7-12-5-2-3-6-13(12)10-16/h2-3,5-6,11H,4,7-10,15H2,1H3. The molecule has 1 aromatic rings. The number of carbonyl (C=O) groups is 1. The molecule has 2 N–H and O–H groups in total. The highest BCUT2D eigenvalue weighted by Gasteiger charge is 2.22. The van der Waals surface area contributed by atoms with E-state index < -0.39 is 0 Å². The Balaban J connectivity index is 2.15. The first kappa shape index (κ1) is 12.1. The molecule has 0 saturated carbocycles. The molecule has 1 aromatic carbocycles. The van der Waals surface area contributed by atoms with Gasteiger partial charge in [0.25, 0.3) is 0 Å². The number of benzene rings is 1. The molecule has 17 heavy (non-hydrogen) atoms. The molecule has 3 heteroatoms. The van der Waals surface area contributed by atoms with Gasteiger partial charge in [0, 0.05) is 25.6 Å². The first-order valence-electron chi connectivity index (χ1n) is 6.28. The second kappa shape index (κ2) is 5.32. The lowest BCUT2D eigenvalue weighted by Crippen LogP contribution is -2.37. The molecular formula is C14H20N2O. The predicted octanol–water partition coefficient (Wildman–Crippen LogP) is 1.56. The molecule has 0 radical (unpaired) electrons. The van der Waals surface area contributed by atoms with Crippen molar-refractivity contribution >= 4 is 5.91 Å². The number of aryl methyl sites for hydroxylation is 1. The van der Waals surface area contributed by atoms with Crippen molar-refractivity contribution in [2.45, 2.75) is 26.3 Å². The molecule has 1 heterocycles. The molecule has 1 atom stereocenters. The highest BCUT2D eigenvalue weighted by molar-refractivity contribution is 5.78. The van der Waals surface area contributed by atoms with Crippen LogP contribution >= 0.6 is 0 Å². The molecule has 0 saturated heterocycles. The van der Waals surface area contributed by atoms with Gasteiger partial charge in [-0.05, 0) is 24.0 Å². The van der Waals surface area contributed by atoms with Crippen LogP contribution in [0.2, 0.25) is 0 Å². The lowest BCUT2D eigenvalue weighted by atomic mass is 10.0. The monoisotopic (exact) mass is 232 g/mol. The molecule has 0 bridgehead atoms. The molecule has 1 aliphatic rings. The number of hydrogen-bond donors (Lipinski definition) is 1. The van der Waals surface area contributed by atoms with Crippen LogP contribution in [0.1, 0.15) is 24.5 Å². The zero-order valence-corrected chi connectivity index (χ0v) is 10.4. The summed E-state index contributed by atoms with van der Waals surface area (Å²) in [6, 6.07) is 8.39. The minimum atomic E-state index is -0.0692. The second-order valence-corrected chi connectivity index (χ2v) is 4.77. The first-order valence-corrected chi connectivity index (χ1v) is 6.28. The Morgan fingerprint density at radius 1 is 1.41 bits per heavy atom. The number of amides is 1. The van der Waals surface area contributed by atoms with Crippen molar-refractivity contribution in [3.63, 3.8) is 0 Å². The van der Waals surface area contributed by atoms with Crippen molar-refractivity contribution in [3.8, 4) is 0 Å². The van der Waals surface area contributed by atoms with Crippen molar-refractivity contribution in [1.29, 1.82) is 0 Å². The van der Waals surface area contributed by atoms with E-state index in [-0.39, 0.29) is 11.8 Å². The Kier molecular flexibility index (Phi) is 3.79. The van der Waals surface area contributed by atoms with Gasteiger partial charge in [0.15, 0.2) is 0 Å². The molecule has 1 unspecified atom stereocenters. The summed E-state index contributed by atoms with van der Waals surface area (Å²) in [7, 11) is 0.